The van der Waals surface area contributed by atoms with Crippen molar-refractivity contribution in [2.45, 2.75) is 51.6 Å². The molecule has 0 amide bonds. The van der Waals surface area contributed by atoms with Gasteiger partial charge in [-0.2, -0.15) is 4.98 Å². The Morgan fingerprint density at radius 2 is 1.69 bits per heavy atom. The molecule has 0 bridgehead atoms. The summed E-state index contributed by atoms with van der Waals surface area (Å²) in [5.74, 6) is 1.65. The van der Waals surface area contributed by atoms with Crippen molar-refractivity contribution < 1.29 is 0 Å². The van der Waals surface area contributed by atoms with Gasteiger partial charge in [0.05, 0.1) is 5.52 Å². The number of nitrogens with one attached hydrogen (secondary N) is 3. The molecule has 168 valence electrons. The van der Waals surface area contributed by atoms with Crippen LogP contribution in [0, 0.1) is 13.8 Å². The first-order valence-electron chi connectivity index (χ1n) is 11.2. The lowest BCUT2D eigenvalue weighted by Crippen LogP contribution is -2.42. The molecule has 6 nitrogen and oxygen atoms in total. The van der Waals surface area contributed by atoms with Crippen molar-refractivity contribution in [3.05, 3.63) is 53.6 Å². The first kappa shape index (κ1) is 22.3. The number of anilines is 3. The quantitative estimate of drug-likeness (QED) is 0.474. The highest BCUT2D eigenvalue weighted by Crippen LogP contribution is 2.26. The van der Waals surface area contributed by atoms with Gasteiger partial charge >= 0.3 is 0 Å². The molecule has 3 aromatic rings. The van der Waals surface area contributed by atoms with Gasteiger partial charge in [-0.3, -0.25) is 0 Å². The molecule has 0 saturated heterocycles. The third-order valence-corrected chi connectivity index (χ3v) is 6.25. The second-order valence-electron chi connectivity index (χ2n) is 8.89. The molecule has 0 spiro atoms. The fraction of sp³-hybridized carbons (Fsp3) is 0.400. The van der Waals surface area contributed by atoms with E-state index in [1.165, 1.54) is 11.1 Å². The normalized spacial score (nSPS) is 18.2. The maximum Gasteiger partial charge on any atom is 0.225 e. The zero-order valence-electron chi connectivity index (χ0n) is 19.3. The van der Waals surface area contributed by atoms with Crippen molar-refractivity contribution in [3.63, 3.8) is 0 Å². The van der Waals surface area contributed by atoms with Gasteiger partial charge in [0.25, 0.3) is 0 Å². The fourth-order valence-corrected chi connectivity index (χ4v) is 4.60. The number of para-hydroxylation sites is 1. The fourth-order valence-electron chi connectivity index (χ4n) is 4.33. The topological polar surface area (TPSA) is 65.1 Å². The van der Waals surface area contributed by atoms with Gasteiger partial charge in [-0.15, -0.1) is 0 Å². The molecule has 1 fully saturated rings. The molecule has 7 heteroatoms. The van der Waals surface area contributed by atoms with Crippen LogP contribution >= 0.6 is 12.2 Å². The van der Waals surface area contributed by atoms with Gasteiger partial charge in [0.1, 0.15) is 5.82 Å². The summed E-state index contributed by atoms with van der Waals surface area (Å²) >= 11 is 5.56. The van der Waals surface area contributed by atoms with Crippen molar-refractivity contribution >= 4 is 45.7 Å². The van der Waals surface area contributed by atoms with E-state index in [9.17, 15) is 0 Å². The van der Waals surface area contributed by atoms with E-state index < -0.39 is 0 Å². The van der Waals surface area contributed by atoms with Crippen LogP contribution in [0.5, 0.6) is 0 Å². The van der Waals surface area contributed by atoms with Crippen LogP contribution < -0.4 is 20.9 Å². The third kappa shape index (κ3) is 5.27. The Labute approximate surface area is 195 Å². The van der Waals surface area contributed by atoms with E-state index in [0.717, 1.165) is 48.1 Å². The lowest BCUT2D eigenvalue weighted by atomic mass is 9.91. The molecule has 0 atom stereocenters. The summed E-state index contributed by atoms with van der Waals surface area (Å²) < 4.78 is 0. The van der Waals surface area contributed by atoms with Gasteiger partial charge in [0, 0.05) is 37.3 Å². The van der Waals surface area contributed by atoms with Crippen LogP contribution in [-0.4, -0.2) is 41.3 Å². The summed E-state index contributed by atoms with van der Waals surface area (Å²) in [6, 6.07) is 15.3. The average molecular weight is 449 g/mol. The van der Waals surface area contributed by atoms with Crippen molar-refractivity contribution in [2.75, 3.05) is 29.6 Å². The number of aromatic nitrogens is 2. The Bertz CT molecular complexity index is 1100. The van der Waals surface area contributed by atoms with E-state index in [1.807, 2.05) is 37.2 Å². The predicted molar refractivity (Wildman–Crippen MR) is 139 cm³/mol. The third-order valence-electron chi connectivity index (χ3n) is 6.03. The summed E-state index contributed by atoms with van der Waals surface area (Å²) in [4.78, 5) is 11.6. The molecular weight excluding hydrogens is 416 g/mol. The monoisotopic (exact) mass is 448 g/mol. The van der Waals surface area contributed by atoms with Crippen LogP contribution in [0.3, 0.4) is 0 Å². The number of benzene rings is 2. The minimum Gasteiger partial charge on any atom is -0.362 e. The molecule has 4 rings (SSSR count). The number of nitrogens with zero attached hydrogens (tertiary/aromatic N) is 3. The number of hydrogen-bond acceptors (Lipinski definition) is 5. The minimum absolute atomic E-state index is 0.366. The molecule has 1 aromatic heterocycles. The molecule has 3 N–H and O–H groups in total. The largest absolute Gasteiger partial charge is 0.362 e. The van der Waals surface area contributed by atoms with Gasteiger partial charge in [-0.1, -0.05) is 29.8 Å². The molecule has 0 aliphatic heterocycles. The van der Waals surface area contributed by atoms with Gasteiger partial charge < -0.3 is 20.9 Å². The maximum atomic E-state index is 5.56. The van der Waals surface area contributed by atoms with Crippen LogP contribution in [0.2, 0.25) is 0 Å². The minimum atomic E-state index is 0.366. The number of thiocarbonyl (C=S) groups is 1. The first-order valence-corrected chi connectivity index (χ1v) is 11.7. The van der Waals surface area contributed by atoms with Gasteiger partial charge in [-0.05, 0) is 75.5 Å². The summed E-state index contributed by atoms with van der Waals surface area (Å²) in [5, 5.41) is 12.2. The molecule has 0 unspecified atom stereocenters. The van der Waals surface area contributed by atoms with E-state index in [1.54, 1.807) is 0 Å². The van der Waals surface area contributed by atoms with Crippen molar-refractivity contribution in [1.29, 1.82) is 0 Å². The van der Waals surface area contributed by atoms with Crippen LogP contribution in [-0.2, 0) is 0 Å². The highest BCUT2D eigenvalue weighted by molar-refractivity contribution is 7.80. The van der Waals surface area contributed by atoms with Crippen LogP contribution in [0.4, 0.5) is 17.5 Å². The number of aryl methyl sites for hydroxylation is 2. The lowest BCUT2D eigenvalue weighted by molar-refractivity contribution is 0.387. The van der Waals surface area contributed by atoms with Crippen LogP contribution in [0.15, 0.2) is 42.5 Å². The van der Waals surface area contributed by atoms with E-state index in [0.29, 0.717) is 23.1 Å². The Kier molecular flexibility index (Phi) is 6.74. The Morgan fingerprint density at radius 3 is 2.41 bits per heavy atom. The van der Waals surface area contributed by atoms with Crippen LogP contribution in [0.1, 0.15) is 36.8 Å². The van der Waals surface area contributed by atoms with Crippen molar-refractivity contribution in [2.24, 2.45) is 0 Å². The molecule has 1 saturated carbocycles. The van der Waals surface area contributed by atoms with Gasteiger partial charge in [0.2, 0.25) is 5.95 Å². The molecule has 1 heterocycles. The summed E-state index contributed by atoms with van der Waals surface area (Å²) in [5.41, 5.74) is 4.49. The zero-order chi connectivity index (χ0) is 22.7. The van der Waals surface area contributed by atoms with Crippen LogP contribution in [0.25, 0.3) is 10.9 Å². The number of rotatable bonds is 5. The highest BCUT2D eigenvalue weighted by atomic mass is 32.1. The van der Waals surface area contributed by atoms with E-state index in [2.05, 4.69) is 54.1 Å². The van der Waals surface area contributed by atoms with E-state index in [-0.39, 0.29) is 0 Å². The molecule has 2 aromatic carbocycles. The van der Waals surface area contributed by atoms with Crippen molar-refractivity contribution in [3.8, 4) is 0 Å². The van der Waals surface area contributed by atoms with Gasteiger partial charge in [-0.25, -0.2) is 4.98 Å². The molecule has 0 radical (unpaired) electrons. The first-order chi connectivity index (χ1) is 15.4. The highest BCUT2D eigenvalue weighted by Gasteiger charge is 2.23. The standard InChI is InChI=1S/C25H32N6S/c1-16-9-14-21(17(2)15-16)29-25(32)27-19-12-10-18(11-13-19)26-24-28-22-8-6-5-7-20(22)23(30-24)31(3)4/h5-9,14-15,18-19H,10-13H2,1-4H3,(H,26,28,30)(H2,27,29,32). The maximum absolute atomic E-state index is 5.56. The lowest BCUT2D eigenvalue weighted by Gasteiger charge is -2.30. The molecule has 32 heavy (non-hydrogen) atoms. The Balaban J connectivity index is 1.32. The molecule has 1 aliphatic rings. The smallest absolute Gasteiger partial charge is 0.225 e. The Hall–Kier alpha value is -2.93. The Morgan fingerprint density at radius 1 is 0.969 bits per heavy atom. The van der Waals surface area contributed by atoms with E-state index >= 15 is 0 Å². The summed E-state index contributed by atoms with van der Waals surface area (Å²) in [6.07, 6.45) is 4.22. The van der Waals surface area contributed by atoms with E-state index in [4.69, 9.17) is 22.2 Å². The van der Waals surface area contributed by atoms with Gasteiger partial charge in [0.15, 0.2) is 5.11 Å². The SMILES string of the molecule is Cc1ccc(NC(=S)NC2CCC(Nc3nc(N(C)C)c4ccccc4n3)CC2)c(C)c1. The second kappa shape index (κ2) is 9.69. The predicted octanol–water partition coefficient (Wildman–Crippen LogP) is 5.02. The zero-order valence-corrected chi connectivity index (χ0v) is 20.1. The average Bonchev–Trinajstić information content (AvgIpc) is 2.76. The summed E-state index contributed by atoms with van der Waals surface area (Å²) in [7, 11) is 4.04. The molecule has 1 aliphatic carbocycles. The second-order valence-corrected chi connectivity index (χ2v) is 9.30. The molecular formula is C25H32N6S. The number of hydrogen-bond donors (Lipinski definition) is 3. The number of fused-ring (bicyclic) bond motifs is 1. The summed E-state index contributed by atoms with van der Waals surface area (Å²) in [6.45, 7) is 4.20. The van der Waals surface area contributed by atoms with Crippen molar-refractivity contribution in [1.82, 2.24) is 15.3 Å².